The lowest BCUT2D eigenvalue weighted by Crippen LogP contribution is -2.74. The number of hydrogen-bond donors (Lipinski definition) is 10. The van der Waals surface area contributed by atoms with Crippen LogP contribution in [-0.4, -0.2) is 89.1 Å². The standard InChI is InChI=1S/C5H12N2O.C5H11NO2.C5H11NOS.C4H10N2O.5CH4/c1-5(6)7-3-2-4-8;2*1-5(8)6-3-2-4-7;5-4(6)2-1-3-7;;;;;/h8H,2-4H2,1H3,(H2,6,7);2*7H,2-4H2,1H3,(H,6,8);7H,1-3H2,(H3,5,6);5*1H4/p+2. The summed E-state index contributed by atoms with van der Waals surface area (Å²) in [6.07, 6.45) is 3.46. The van der Waals surface area contributed by atoms with E-state index in [4.69, 9.17) is 49.5 Å². The first-order valence-electron chi connectivity index (χ1n) is 10.2. The number of amidine groups is 2. The molecule has 0 aliphatic rings. The Hall–Kier alpha value is -1.86. The van der Waals surface area contributed by atoms with Gasteiger partial charge in [-0.3, -0.25) is 26.7 Å². The molecule has 0 aromatic heterocycles. The van der Waals surface area contributed by atoms with E-state index < -0.39 is 0 Å². The third-order valence-electron chi connectivity index (χ3n) is 2.78. The van der Waals surface area contributed by atoms with Crippen molar-refractivity contribution in [2.45, 2.75) is 90.0 Å². The zero-order valence-electron chi connectivity index (χ0n) is 19.3. The van der Waals surface area contributed by atoms with Gasteiger partial charge in [-0.25, -0.2) is 0 Å². The molecule has 0 radical (unpaired) electrons. The van der Waals surface area contributed by atoms with Crippen molar-refractivity contribution in [2.24, 2.45) is 11.5 Å². The summed E-state index contributed by atoms with van der Waals surface area (Å²) in [5.41, 5.74) is 10.3. The minimum atomic E-state index is -0.0431. The maximum atomic E-state index is 10.1. The molecule has 13 N–H and O–H groups in total. The largest absolute Gasteiger partial charge is 0.396 e. The van der Waals surface area contributed by atoms with Gasteiger partial charge in [0.05, 0.1) is 18.0 Å². The number of thiocarbonyl (C=S) groups is 1. The van der Waals surface area contributed by atoms with Gasteiger partial charge in [0, 0.05) is 59.8 Å². The van der Waals surface area contributed by atoms with Crippen LogP contribution < -0.4 is 32.5 Å². The summed E-state index contributed by atoms with van der Waals surface area (Å²) in [7, 11) is 0. The molecule has 0 aromatic rings. The van der Waals surface area contributed by atoms with Crippen molar-refractivity contribution in [3.05, 3.63) is 0 Å². The van der Waals surface area contributed by atoms with Crippen LogP contribution in [0.1, 0.15) is 90.0 Å². The summed E-state index contributed by atoms with van der Waals surface area (Å²) in [4.78, 5) is 13.8. The fourth-order valence-electron chi connectivity index (χ4n) is 1.33. The first-order valence-corrected chi connectivity index (χ1v) is 10.6. The second kappa shape index (κ2) is 54.2. The quantitative estimate of drug-likeness (QED) is 0.0603. The first-order chi connectivity index (χ1) is 14.6. The molecule has 0 spiro atoms. The predicted octanol–water partition coefficient (Wildman–Crippen LogP) is -1.31. The third kappa shape index (κ3) is 106. The van der Waals surface area contributed by atoms with Gasteiger partial charge >= 0.3 is 0 Å². The van der Waals surface area contributed by atoms with Crippen molar-refractivity contribution in [3.63, 3.8) is 0 Å². The number of rotatable bonds is 12. The molecule has 0 fully saturated rings. The van der Waals surface area contributed by atoms with Crippen molar-refractivity contribution < 1.29 is 35.6 Å². The molecule has 0 saturated heterocycles. The number of aliphatic hydroxyl groups is 4. The van der Waals surface area contributed by atoms with Gasteiger partial charge in [0.25, 0.3) is 0 Å². The molecule has 0 rings (SSSR count). The molecular formula is C24H66N6O5S+2. The van der Waals surface area contributed by atoms with Gasteiger partial charge < -0.3 is 31.1 Å². The number of carbonyl (C=O) groups is 1. The van der Waals surface area contributed by atoms with Crippen LogP contribution >= 0.6 is 12.2 Å². The third-order valence-corrected chi connectivity index (χ3v) is 2.92. The molecule has 12 heteroatoms. The normalized spacial score (nSPS) is 8.25. The summed E-state index contributed by atoms with van der Waals surface area (Å²) in [5.74, 6) is 1.06. The molecule has 0 saturated carbocycles. The molecule has 0 heterocycles. The van der Waals surface area contributed by atoms with Crippen molar-refractivity contribution in [2.75, 3.05) is 46.1 Å². The number of aliphatic hydroxyl groups excluding tert-OH is 4. The Morgan fingerprint density at radius 2 is 1.17 bits per heavy atom. The first kappa shape index (κ1) is 59.3. The van der Waals surface area contributed by atoms with Crippen LogP contribution in [0.4, 0.5) is 0 Å². The van der Waals surface area contributed by atoms with Crippen LogP contribution in [-0.2, 0) is 4.79 Å². The van der Waals surface area contributed by atoms with E-state index in [1.807, 2.05) is 6.92 Å². The fraction of sp³-hybridized carbons (Fsp3) is 0.833. The molecule has 0 aliphatic heterocycles. The maximum absolute atomic E-state index is 10.1. The Morgan fingerprint density at radius 1 is 0.778 bits per heavy atom. The smallest absolute Gasteiger partial charge is 0.238 e. The van der Waals surface area contributed by atoms with Crippen LogP contribution in [0.2, 0.25) is 0 Å². The number of nitrogens with two attached hydrogens (primary N) is 3. The Labute approximate surface area is 228 Å². The lowest BCUT2D eigenvalue weighted by molar-refractivity contribution is -0.459. The van der Waals surface area contributed by atoms with Gasteiger partial charge in [0.1, 0.15) is 0 Å². The van der Waals surface area contributed by atoms with E-state index in [0.717, 1.165) is 30.9 Å². The number of hydrogen-bond acceptors (Lipinski definition) is 6. The maximum Gasteiger partial charge on any atom is 0.238 e. The summed E-state index contributed by atoms with van der Waals surface area (Å²) in [6.45, 7) is 7.95. The number of carbonyl (C=O) groups excluding carboxylic acids is 1. The Balaban J connectivity index is -0.0000000369. The van der Waals surface area contributed by atoms with Crippen molar-refractivity contribution >= 4 is 34.8 Å². The SMILES string of the molecule is C.C.C.C.C.CC(=O)NCCCO.CC(=S)NCCCO.CC(N)=[NH+]CCCO.NC(=[NH2+])CCCO. The van der Waals surface area contributed by atoms with Gasteiger partial charge in [-0.1, -0.05) is 49.4 Å². The van der Waals surface area contributed by atoms with Crippen LogP contribution in [0.25, 0.3) is 0 Å². The molecule has 0 atom stereocenters. The van der Waals surface area contributed by atoms with E-state index in [2.05, 4.69) is 15.6 Å². The summed E-state index contributed by atoms with van der Waals surface area (Å²) < 4.78 is 0. The van der Waals surface area contributed by atoms with Gasteiger partial charge in [-0.2, -0.15) is 0 Å². The summed E-state index contributed by atoms with van der Waals surface area (Å²) in [5, 5.41) is 43.5. The molecule has 0 aliphatic carbocycles. The zero-order chi connectivity index (χ0) is 24.9. The van der Waals surface area contributed by atoms with Crippen molar-refractivity contribution in [1.29, 1.82) is 0 Å². The summed E-state index contributed by atoms with van der Waals surface area (Å²) in [6, 6.07) is 0. The molecule has 36 heavy (non-hydrogen) atoms. The van der Waals surface area contributed by atoms with E-state index in [0.29, 0.717) is 37.5 Å². The van der Waals surface area contributed by atoms with Crippen molar-refractivity contribution in [1.82, 2.24) is 10.6 Å². The molecular weight excluding hydrogens is 484 g/mol. The second-order valence-electron chi connectivity index (χ2n) is 6.21. The van der Waals surface area contributed by atoms with Gasteiger partial charge in [-0.05, 0) is 26.2 Å². The van der Waals surface area contributed by atoms with E-state index in [1.165, 1.54) is 6.92 Å². The topological polar surface area (TPSA) is 214 Å². The Morgan fingerprint density at radius 3 is 1.42 bits per heavy atom. The van der Waals surface area contributed by atoms with E-state index in [-0.39, 0.29) is 69.5 Å². The van der Waals surface area contributed by atoms with Crippen LogP contribution in [0.15, 0.2) is 0 Å². The van der Waals surface area contributed by atoms with Gasteiger partial charge in [0.15, 0.2) is 0 Å². The minimum Gasteiger partial charge on any atom is -0.396 e. The highest BCUT2D eigenvalue weighted by atomic mass is 32.1. The van der Waals surface area contributed by atoms with E-state index in [9.17, 15) is 4.79 Å². The highest BCUT2D eigenvalue weighted by molar-refractivity contribution is 7.80. The Kier molecular flexibility index (Phi) is 89.3. The van der Waals surface area contributed by atoms with Crippen LogP contribution in [0.3, 0.4) is 0 Å². The molecule has 0 unspecified atom stereocenters. The lowest BCUT2D eigenvalue weighted by atomic mass is 10.3. The van der Waals surface area contributed by atoms with Crippen molar-refractivity contribution in [3.8, 4) is 0 Å². The molecule has 0 aromatic carbocycles. The highest BCUT2D eigenvalue weighted by Crippen LogP contribution is 1.79. The second-order valence-corrected chi connectivity index (χ2v) is 6.82. The lowest BCUT2D eigenvalue weighted by Gasteiger charge is -1.98. The average Bonchev–Trinajstić information content (AvgIpc) is 2.68. The number of amides is 1. The van der Waals surface area contributed by atoms with Gasteiger partial charge in [0.2, 0.25) is 17.6 Å². The monoisotopic (exact) mass is 550 g/mol. The van der Waals surface area contributed by atoms with E-state index >= 15 is 0 Å². The van der Waals surface area contributed by atoms with E-state index in [1.54, 1.807) is 6.92 Å². The fourth-order valence-corrected chi connectivity index (χ4v) is 1.44. The van der Waals surface area contributed by atoms with Crippen LogP contribution in [0, 0.1) is 0 Å². The zero-order valence-corrected chi connectivity index (χ0v) is 20.1. The minimum absolute atomic E-state index is 0. The van der Waals surface area contributed by atoms with Crippen LogP contribution in [0.5, 0.6) is 0 Å². The molecule has 11 nitrogen and oxygen atoms in total. The number of nitrogens with one attached hydrogen (secondary N) is 3. The molecule has 226 valence electrons. The summed E-state index contributed by atoms with van der Waals surface area (Å²) >= 11 is 4.72. The Bertz CT molecular complexity index is 433. The molecule has 1 amide bonds. The molecule has 0 bridgehead atoms. The van der Waals surface area contributed by atoms with Gasteiger partial charge in [-0.15, -0.1) is 0 Å². The highest BCUT2D eigenvalue weighted by Gasteiger charge is 1.90. The average molecular weight is 551 g/mol. The predicted molar refractivity (Wildman–Crippen MR) is 162 cm³/mol.